The van der Waals surface area contributed by atoms with Gasteiger partial charge < -0.3 is 0 Å². The zero-order chi connectivity index (χ0) is 11.7. The molecule has 3 nitrogen and oxygen atoms in total. The Morgan fingerprint density at radius 2 is 1.71 bits per heavy atom. The molecule has 2 aromatic heterocycles. The quantitative estimate of drug-likeness (QED) is 0.656. The molecular weight excluding hydrogens is 234 g/mol. The van der Waals surface area contributed by atoms with E-state index in [0.29, 0.717) is 10.8 Å². The summed E-state index contributed by atoms with van der Waals surface area (Å²) in [4.78, 5) is 12.7. The Morgan fingerprint density at radius 1 is 0.824 bits per heavy atom. The summed E-state index contributed by atoms with van der Waals surface area (Å²) < 4.78 is 0. The van der Waals surface area contributed by atoms with Gasteiger partial charge in [-0.15, -0.1) is 0 Å². The number of rotatable bonds is 1. The zero-order valence-electron chi connectivity index (χ0n) is 8.84. The first kappa shape index (κ1) is 10.2. The number of halogens is 1. The van der Waals surface area contributed by atoms with E-state index in [1.54, 1.807) is 6.20 Å². The molecule has 82 valence electrons. The summed E-state index contributed by atoms with van der Waals surface area (Å²) in [6.07, 6.45) is 3.16. The first-order valence-corrected chi connectivity index (χ1v) is 5.54. The number of para-hydroxylation sites is 1. The zero-order valence-corrected chi connectivity index (χ0v) is 9.59. The maximum atomic E-state index is 5.81. The van der Waals surface area contributed by atoms with Crippen molar-refractivity contribution < 1.29 is 0 Å². The fourth-order valence-corrected chi connectivity index (χ4v) is 1.82. The summed E-state index contributed by atoms with van der Waals surface area (Å²) in [6, 6.07) is 11.9. The molecule has 0 bridgehead atoms. The molecule has 1 aromatic carbocycles. The van der Waals surface area contributed by atoms with Crippen LogP contribution in [0.3, 0.4) is 0 Å². The lowest BCUT2D eigenvalue weighted by Crippen LogP contribution is -1.89. The minimum absolute atomic E-state index is 0.373. The molecule has 3 rings (SSSR count). The molecular formula is C13H8ClN3. The van der Waals surface area contributed by atoms with E-state index < -0.39 is 0 Å². The van der Waals surface area contributed by atoms with E-state index in [1.165, 1.54) is 6.20 Å². The highest BCUT2D eigenvalue weighted by Gasteiger charge is 2.03. The Bertz CT molecular complexity index is 682. The third-order valence-corrected chi connectivity index (χ3v) is 2.65. The highest BCUT2D eigenvalue weighted by molar-refractivity contribution is 6.29. The van der Waals surface area contributed by atoms with Crippen LogP contribution in [0.25, 0.3) is 22.3 Å². The fourth-order valence-electron chi connectivity index (χ4n) is 1.67. The second-order valence-electron chi connectivity index (χ2n) is 3.62. The second kappa shape index (κ2) is 4.11. The highest BCUT2D eigenvalue weighted by atomic mass is 35.5. The summed E-state index contributed by atoms with van der Waals surface area (Å²) in [6.45, 7) is 0. The minimum Gasteiger partial charge on any atom is -0.259 e. The summed E-state index contributed by atoms with van der Waals surface area (Å²) in [5, 5.41) is 1.48. The van der Waals surface area contributed by atoms with E-state index in [0.717, 1.165) is 16.6 Å². The average molecular weight is 242 g/mol. The van der Waals surface area contributed by atoms with Crippen LogP contribution in [0.5, 0.6) is 0 Å². The molecule has 0 radical (unpaired) electrons. The van der Waals surface area contributed by atoms with Crippen molar-refractivity contribution in [2.45, 2.75) is 0 Å². The lowest BCUT2D eigenvalue weighted by molar-refractivity contribution is 1.19. The minimum atomic E-state index is 0.373. The predicted octanol–water partition coefficient (Wildman–Crippen LogP) is 3.35. The van der Waals surface area contributed by atoms with Gasteiger partial charge in [0.2, 0.25) is 0 Å². The van der Waals surface area contributed by atoms with Gasteiger partial charge in [0.15, 0.2) is 0 Å². The molecule has 0 aliphatic rings. The van der Waals surface area contributed by atoms with Crippen LogP contribution in [0, 0.1) is 0 Å². The maximum absolute atomic E-state index is 5.81. The molecule has 3 aromatic rings. The lowest BCUT2D eigenvalue weighted by atomic mass is 10.2. The average Bonchev–Trinajstić information content (AvgIpc) is 2.38. The van der Waals surface area contributed by atoms with E-state index >= 15 is 0 Å². The van der Waals surface area contributed by atoms with Gasteiger partial charge in [0.1, 0.15) is 10.8 Å². The van der Waals surface area contributed by atoms with Crippen LogP contribution in [-0.4, -0.2) is 15.0 Å². The van der Waals surface area contributed by atoms with Crippen molar-refractivity contribution in [2.75, 3.05) is 0 Å². The summed E-state index contributed by atoms with van der Waals surface area (Å²) in [7, 11) is 0. The number of aromatic nitrogens is 3. The van der Waals surface area contributed by atoms with Crippen LogP contribution < -0.4 is 0 Å². The number of pyridine rings is 1. The second-order valence-corrected chi connectivity index (χ2v) is 4.00. The van der Waals surface area contributed by atoms with Gasteiger partial charge in [-0.1, -0.05) is 35.9 Å². The Labute approximate surface area is 103 Å². The first-order valence-electron chi connectivity index (χ1n) is 5.17. The Balaban J connectivity index is 2.18. The van der Waals surface area contributed by atoms with Gasteiger partial charge in [-0.05, 0) is 12.1 Å². The van der Waals surface area contributed by atoms with Gasteiger partial charge in [0.25, 0.3) is 0 Å². The normalized spacial score (nSPS) is 10.6. The predicted molar refractivity (Wildman–Crippen MR) is 67.8 cm³/mol. The van der Waals surface area contributed by atoms with Crippen molar-refractivity contribution in [3.63, 3.8) is 0 Å². The van der Waals surface area contributed by atoms with Crippen molar-refractivity contribution in [3.8, 4) is 11.4 Å². The van der Waals surface area contributed by atoms with Gasteiger partial charge in [-0.3, -0.25) is 4.98 Å². The Morgan fingerprint density at radius 3 is 2.59 bits per heavy atom. The number of benzene rings is 1. The monoisotopic (exact) mass is 241 g/mol. The van der Waals surface area contributed by atoms with E-state index in [4.69, 9.17) is 11.6 Å². The number of hydrogen-bond donors (Lipinski definition) is 0. The molecule has 0 spiro atoms. The van der Waals surface area contributed by atoms with Gasteiger partial charge in [0, 0.05) is 5.39 Å². The summed E-state index contributed by atoms with van der Waals surface area (Å²) in [5.74, 6) is 0. The van der Waals surface area contributed by atoms with Crippen LogP contribution in [0.1, 0.15) is 0 Å². The topological polar surface area (TPSA) is 38.7 Å². The number of nitrogens with zero attached hydrogens (tertiary/aromatic N) is 3. The van der Waals surface area contributed by atoms with Crippen LogP contribution in [0.4, 0.5) is 0 Å². The van der Waals surface area contributed by atoms with Crippen LogP contribution in [0.2, 0.25) is 5.15 Å². The SMILES string of the molecule is Clc1cncc(-c2ccc3ccccc3n2)n1. The van der Waals surface area contributed by atoms with E-state index in [-0.39, 0.29) is 0 Å². The van der Waals surface area contributed by atoms with Gasteiger partial charge in [-0.2, -0.15) is 0 Å². The third-order valence-electron chi connectivity index (χ3n) is 2.47. The number of hydrogen-bond acceptors (Lipinski definition) is 3. The van der Waals surface area contributed by atoms with Crippen molar-refractivity contribution in [3.05, 3.63) is 53.9 Å². The first-order chi connectivity index (χ1) is 8.33. The van der Waals surface area contributed by atoms with Gasteiger partial charge in [-0.25, -0.2) is 9.97 Å². The number of fused-ring (bicyclic) bond motifs is 1. The molecule has 0 saturated carbocycles. The standard InChI is InChI=1S/C13H8ClN3/c14-13-8-15-7-12(17-13)11-6-5-9-3-1-2-4-10(9)16-11/h1-8H. The molecule has 0 aliphatic carbocycles. The smallest absolute Gasteiger partial charge is 0.148 e. The molecule has 0 unspecified atom stereocenters. The lowest BCUT2D eigenvalue weighted by Gasteiger charge is -2.02. The van der Waals surface area contributed by atoms with Crippen LogP contribution in [0.15, 0.2) is 48.8 Å². The molecule has 0 fully saturated rings. The van der Waals surface area contributed by atoms with Crippen molar-refractivity contribution in [2.24, 2.45) is 0 Å². The Hall–Kier alpha value is -2.00. The molecule has 4 heteroatoms. The summed E-state index contributed by atoms with van der Waals surface area (Å²) >= 11 is 5.81. The van der Waals surface area contributed by atoms with E-state index in [2.05, 4.69) is 15.0 Å². The molecule has 0 amide bonds. The summed E-state index contributed by atoms with van der Waals surface area (Å²) in [5.41, 5.74) is 2.40. The van der Waals surface area contributed by atoms with E-state index in [9.17, 15) is 0 Å². The van der Waals surface area contributed by atoms with Crippen molar-refractivity contribution in [1.29, 1.82) is 0 Å². The molecule has 0 N–H and O–H groups in total. The Kier molecular flexibility index (Phi) is 2.46. The highest BCUT2D eigenvalue weighted by Crippen LogP contribution is 2.19. The molecule has 2 heterocycles. The molecule has 0 saturated heterocycles. The molecule has 17 heavy (non-hydrogen) atoms. The van der Waals surface area contributed by atoms with Gasteiger partial charge in [0.05, 0.1) is 23.6 Å². The maximum Gasteiger partial charge on any atom is 0.148 e. The van der Waals surface area contributed by atoms with Crippen molar-refractivity contribution >= 4 is 22.5 Å². The molecule has 0 aliphatic heterocycles. The van der Waals surface area contributed by atoms with E-state index in [1.807, 2.05) is 36.4 Å². The van der Waals surface area contributed by atoms with Crippen LogP contribution >= 0.6 is 11.6 Å². The fraction of sp³-hybridized carbons (Fsp3) is 0. The van der Waals surface area contributed by atoms with Crippen LogP contribution in [-0.2, 0) is 0 Å². The van der Waals surface area contributed by atoms with Crippen molar-refractivity contribution in [1.82, 2.24) is 15.0 Å². The molecule has 0 atom stereocenters. The van der Waals surface area contributed by atoms with Gasteiger partial charge >= 0.3 is 0 Å². The largest absolute Gasteiger partial charge is 0.259 e. The third kappa shape index (κ3) is 1.97.